The van der Waals surface area contributed by atoms with Crippen LogP contribution in [0.15, 0.2) is 30.3 Å². The first-order valence-corrected chi connectivity index (χ1v) is 7.66. The molecule has 3 nitrogen and oxygen atoms in total. The standard InChI is InChI=1S/C17H23N3/c1-3-15-10-16(20(4-2)19-15)12-18-11-14-9-13-7-5-6-8-17(13)14/h5-8,10,14,18H,3-4,9,11-12H2,1-2H3. The average Bonchev–Trinajstić information content (AvgIpc) is 2.86. The van der Waals surface area contributed by atoms with E-state index in [1.807, 2.05) is 0 Å². The van der Waals surface area contributed by atoms with Gasteiger partial charge in [0.15, 0.2) is 0 Å². The molecule has 0 bridgehead atoms. The second kappa shape index (κ2) is 5.80. The summed E-state index contributed by atoms with van der Waals surface area (Å²) in [6, 6.07) is 11.0. The number of nitrogens with one attached hydrogen (secondary N) is 1. The van der Waals surface area contributed by atoms with Gasteiger partial charge in [-0.1, -0.05) is 31.2 Å². The Balaban J connectivity index is 1.55. The van der Waals surface area contributed by atoms with Crippen molar-refractivity contribution < 1.29 is 0 Å². The molecule has 1 aliphatic carbocycles. The van der Waals surface area contributed by atoms with Crippen LogP contribution in [0.3, 0.4) is 0 Å². The first kappa shape index (κ1) is 13.4. The van der Waals surface area contributed by atoms with Gasteiger partial charge in [-0.05, 0) is 37.0 Å². The molecular formula is C17H23N3. The van der Waals surface area contributed by atoms with E-state index < -0.39 is 0 Å². The number of hydrogen-bond acceptors (Lipinski definition) is 2. The zero-order valence-corrected chi connectivity index (χ0v) is 12.4. The number of fused-ring (bicyclic) bond motifs is 1. The molecule has 1 heterocycles. The van der Waals surface area contributed by atoms with Crippen molar-refractivity contribution in [1.29, 1.82) is 0 Å². The molecule has 1 aliphatic rings. The fourth-order valence-electron chi connectivity index (χ4n) is 3.02. The summed E-state index contributed by atoms with van der Waals surface area (Å²) in [4.78, 5) is 0. The van der Waals surface area contributed by atoms with Gasteiger partial charge in [-0.3, -0.25) is 4.68 Å². The monoisotopic (exact) mass is 269 g/mol. The van der Waals surface area contributed by atoms with E-state index in [0.29, 0.717) is 5.92 Å². The van der Waals surface area contributed by atoms with Crippen molar-refractivity contribution in [2.45, 2.75) is 45.7 Å². The maximum atomic E-state index is 4.59. The van der Waals surface area contributed by atoms with Crippen LogP contribution in [0.2, 0.25) is 0 Å². The highest BCUT2D eigenvalue weighted by atomic mass is 15.3. The Bertz CT molecular complexity index is 586. The zero-order valence-electron chi connectivity index (χ0n) is 12.4. The molecule has 1 N–H and O–H groups in total. The normalized spacial score (nSPS) is 16.8. The molecule has 1 aromatic heterocycles. The van der Waals surface area contributed by atoms with E-state index in [4.69, 9.17) is 0 Å². The van der Waals surface area contributed by atoms with Crippen molar-refractivity contribution >= 4 is 0 Å². The SMILES string of the molecule is CCc1cc(CNCC2Cc3ccccc32)n(CC)n1. The molecule has 0 spiro atoms. The maximum absolute atomic E-state index is 4.59. The Morgan fingerprint density at radius 3 is 2.90 bits per heavy atom. The van der Waals surface area contributed by atoms with Gasteiger partial charge in [-0.15, -0.1) is 0 Å². The van der Waals surface area contributed by atoms with Crippen LogP contribution in [-0.4, -0.2) is 16.3 Å². The fourth-order valence-corrected chi connectivity index (χ4v) is 3.02. The molecule has 1 unspecified atom stereocenters. The van der Waals surface area contributed by atoms with Crippen molar-refractivity contribution in [3.63, 3.8) is 0 Å². The van der Waals surface area contributed by atoms with Crippen LogP contribution in [0.25, 0.3) is 0 Å². The van der Waals surface area contributed by atoms with Crippen LogP contribution in [0, 0.1) is 0 Å². The molecule has 0 radical (unpaired) electrons. The second-order valence-corrected chi connectivity index (χ2v) is 5.53. The van der Waals surface area contributed by atoms with Crippen LogP contribution in [0.5, 0.6) is 0 Å². The third kappa shape index (κ3) is 2.50. The van der Waals surface area contributed by atoms with Gasteiger partial charge in [0.25, 0.3) is 0 Å². The molecule has 1 aromatic carbocycles. The highest BCUT2D eigenvalue weighted by Crippen LogP contribution is 2.33. The quantitative estimate of drug-likeness (QED) is 0.874. The lowest BCUT2D eigenvalue weighted by molar-refractivity contribution is 0.515. The largest absolute Gasteiger partial charge is 0.311 e. The lowest BCUT2D eigenvalue weighted by Crippen LogP contribution is -2.29. The third-order valence-electron chi connectivity index (χ3n) is 4.23. The maximum Gasteiger partial charge on any atom is 0.0625 e. The first-order chi connectivity index (χ1) is 9.81. The summed E-state index contributed by atoms with van der Waals surface area (Å²) in [5.74, 6) is 0.690. The highest BCUT2D eigenvalue weighted by molar-refractivity contribution is 5.40. The Morgan fingerprint density at radius 2 is 2.15 bits per heavy atom. The van der Waals surface area contributed by atoms with Crippen LogP contribution < -0.4 is 5.32 Å². The van der Waals surface area contributed by atoms with Crippen LogP contribution >= 0.6 is 0 Å². The van der Waals surface area contributed by atoms with Crippen molar-refractivity contribution in [3.05, 3.63) is 52.8 Å². The van der Waals surface area contributed by atoms with E-state index in [9.17, 15) is 0 Å². The van der Waals surface area contributed by atoms with Crippen LogP contribution in [0.1, 0.15) is 42.3 Å². The van der Waals surface area contributed by atoms with E-state index in [2.05, 4.69) is 59.3 Å². The number of aromatic nitrogens is 2. The number of aryl methyl sites for hydroxylation is 2. The molecule has 0 fully saturated rings. The minimum absolute atomic E-state index is 0.690. The van der Waals surface area contributed by atoms with E-state index in [0.717, 1.165) is 26.1 Å². The zero-order chi connectivity index (χ0) is 13.9. The predicted molar refractivity (Wildman–Crippen MR) is 81.9 cm³/mol. The number of benzene rings is 1. The summed E-state index contributed by atoms with van der Waals surface area (Å²) in [5.41, 5.74) is 5.54. The molecule has 106 valence electrons. The van der Waals surface area contributed by atoms with Gasteiger partial charge < -0.3 is 5.32 Å². The first-order valence-electron chi connectivity index (χ1n) is 7.66. The summed E-state index contributed by atoms with van der Waals surface area (Å²) in [6.07, 6.45) is 2.23. The number of nitrogens with zero attached hydrogens (tertiary/aromatic N) is 2. The van der Waals surface area contributed by atoms with E-state index in [1.54, 1.807) is 0 Å². The number of rotatable bonds is 6. The molecule has 3 heteroatoms. The average molecular weight is 269 g/mol. The molecule has 20 heavy (non-hydrogen) atoms. The third-order valence-corrected chi connectivity index (χ3v) is 4.23. The molecule has 2 aromatic rings. The van der Waals surface area contributed by atoms with Crippen molar-refractivity contribution in [2.24, 2.45) is 0 Å². The Morgan fingerprint density at radius 1 is 1.30 bits per heavy atom. The minimum atomic E-state index is 0.690. The molecular weight excluding hydrogens is 246 g/mol. The second-order valence-electron chi connectivity index (χ2n) is 5.53. The van der Waals surface area contributed by atoms with Gasteiger partial charge in [0.1, 0.15) is 0 Å². The highest BCUT2D eigenvalue weighted by Gasteiger charge is 2.24. The van der Waals surface area contributed by atoms with Crippen LogP contribution in [0.4, 0.5) is 0 Å². The minimum Gasteiger partial charge on any atom is -0.311 e. The van der Waals surface area contributed by atoms with Crippen molar-refractivity contribution in [1.82, 2.24) is 15.1 Å². The summed E-state index contributed by atoms with van der Waals surface area (Å²) >= 11 is 0. The van der Waals surface area contributed by atoms with E-state index in [-0.39, 0.29) is 0 Å². The van der Waals surface area contributed by atoms with Gasteiger partial charge in [0.05, 0.1) is 11.4 Å². The lowest BCUT2D eigenvalue weighted by Gasteiger charge is -2.30. The Labute approximate surface area is 121 Å². The van der Waals surface area contributed by atoms with Crippen molar-refractivity contribution in [3.8, 4) is 0 Å². The molecule has 0 amide bonds. The molecule has 1 atom stereocenters. The van der Waals surface area contributed by atoms with Gasteiger partial charge in [-0.25, -0.2) is 0 Å². The topological polar surface area (TPSA) is 29.9 Å². The van der Waals surface area contributed by atoms with E-state index in [1.165, 1.54) is 28.9 Å². The van der Waals surface area contributed by atoms with Gasteiger partial charge >= 0.3 is 0 Å². The van der Waals surface area contributed by atoms with Gasteiger partial charge in [-0.2, -0.15) is 5.10 Å². The Kier molecular flexibility index (Phi) is 3.88. The Hall–Kier alpha value is -1.61. The molecule has 0 aliphatic heterocycles. The van der Waals surface area contributed by atoms with Crippen molar-refractivity contribution in [2.75, 3.05) is 6.54 Å². The molecule has 3 rings (SSSR count). The van der Waals surface area contributed by atoms with Crippen LogP contribution in [-0.2, 0) is 25.9 Å². The predicted octanol–water partition coefficient (Wildman–Crippen LogP) is 2.89. The smallest absolute Gasteiger partial charge is 0.0625 e. The molecule has 0 saturated carbocycles. The number of hydrogen-bond donors (Lipinski definition) is 1. The molecule has 0 saturated heterocycles. The summed E-state index contributed by atoms with van der Waals surface area (Å²) in [5, 5.41) is 8.19. The summed E-state index contributed by atoms with van der Waals surface area (Å²) in [7, 11) is 0. The lowest BCUT2D eigenvalue weighted by atomic mass is 9.77. The van der Waals surface area contributed by atoms with Gasteiger partial charge in [0, 0.05) is 25.6 Å². The van der Waals surface area contributed by atoms with E-state index >= 15 is 0 Å². The summed E-state index contributed by atoms with van der Waals surface area (Å²) in [6.45, 7) is 7.24. The summed E-state index contributed by atoms with van der Waals surface area (Å²) < 4.78 is 2.11. The van der Waals surface area contributed by atoms with Gasteiger partial charge in [0.2, 0.25) is 0 Å². The fraction of sp³-hybridized carbons (Fsp3) is 0.471.